The molecule has 2 nitrogen and oxygen atoms in total. The van der Waals surface area contributed by atoms with Crippen LogP contribution in [0.4, 0.5) is 0 Å². The number of benzene rings is 2. The molecule has 3 rings (SSSR count). The van der Waals surface area contributed by atoms with E-state index in [1.807, 2.05) is 7.11 Å². The Labute approximate surface area is 127 Å². The Morgan fingerprint density at radius 2 is 1.90 bits per heavy atom. The van der Waals surface area contributed by atoms with Crippen LogP contribution in [0.3, 0.4) is 0 Å². The van der Waals surface area contributed by atoms with E-state index in [2.05, 4.69) is 54.7 Å². The van der Waals surface area contributed by atoms with Crippen molar-refractivity contribution in [3.8, 4) is 0 Å². The lowest BCUT2D eigenvalue weighted by Crippen LogP contribution is -2.43. The van der Waals surface area contributed by atoms with E-state index < -0.39 is 0 Å². The van der Waals surface area contributed by atoms with Gasteiger partial charge in [-0.2, -0.15) is 0 Å². The Bertz CT molecular complexity index is 586. The highest BCUT2D eigenvalue weighted by Gasteiger charge is 2.36. The zero-order valence-electron chi connectivity index (χ0n) is 13.0. The van der Waals surface area contributed by atoms with E-state index in [1.165, 1.54) is 29.2 Å². The minimum Gasteiger partial charge on any atom is -0.380 e. The number of hydrogen-bond acceptors (Lipinski definition) is 2. The fraction of sp³-hybridized carbons (Fsp3) is 0.474. The van der Waals surface area contributed by atoms with E-state index in [0.717, 1.165) is 18.9 Å². The molecule has 1 fully saturated rings. The number of ether oxygens (including phenoxy) is 1. The van der Waals surface area contributed by atoms with Crippen LogP contribution < -0.4 is 5.32 Å². The highest BCUT2D eigenvalue weighted by molar-refractivity contribution is 5.85. The summed E-state index contributed by atoms with van der Waals surface area (Å²) in [6, 6.07) is 15.7. The average molecular weight is 283 g/mol. The van der Waals surface area contributed by atoms with Crippen LogP contribution in [0.25, 0.3) is 10.8 Å². The third kappa shape index (κ3) is 3.28. The number of fused-ring (bicyclic) bond motifs is 1. The minimum absolute atomic E-state index is 0.337. The normalized spacial score (nSPS) is 17.8. The Kier molecular flexibility index (Phi) is 4.57. The zero-order chi connectivity index (χ0) is 14.7. The summed E-state index contributed by atoms with van der Waals surface area (Å²) >= 11 is 0. The highest BCUT2D eigenvalue weighted by atomic mass is 16.5. The molecule has 1 aliphatic carbocycles. The van der Waals surface area contributed by atoms with Crippen molar-refractivity contribution in [1.82, 2.24) is 5.32 Å². The number of methoxy groups -OCH3 is 1. The third-order valence-corrected chi connectivity index (χ3v) is 4.54. The maximum absolute atomic E-state index is 5.81. The smallest absolute Gasteiger partial charge is 0.0755 e. The molecule has 2 heteroatoms. The molecule has 0 spiro atoms. The first kappa shape index (κ1) is 14.6. The first-order chi connectivity index (χ1) is 10.3. The molecule has 2 unspecified atom stereocenters. The van der Waals surface area contributed by atoms with Crippen LogP contribution in [0, 0.1) is 5.92 Å². The lowest BCUT2D eigenvalue weighted by molar-refractivity contribution is 0.0517. The van der Waals surface area contributed by atoms with Crippen molar-refractivity contribution < 1.29 is 4.74 Å². The van der Waals surface area contributed by atoms with Gasteiger partial charge in [0.05, 0.1) is 6.10 Å². The van der Waals surface area contributed by atoms with Gasteiger partial charge in [0.15, 0.2) is 0 Å². The van der Waals surface area contributed by atoms with Gasteiger partial charge in [0.25, 0.3) is 0 Å². The molecule has 0 saturated heterocycles. The molecule has 112 valence electrons. The second-order valence-corrected chi connectivity index (χ2v) is 6.04. The molecular formula is C19H25NO. The van der Waals surface area contributed by atoms with Crippen LogP contribution in [0.5, 0.6) is 0 Å². The fourth-order valence-electron chi connectivity index (χ4n) is 3.38. The van der Waals surface area contributed by atoms with Crippen molar-refractivity contribution in [2.75, 3.05) is 13.7 Å². The van der Waals surface area contributed by atoms with Gasteiger partial charge in [-0.25, -0.2) is 0 Å². The lowest BCUT2D eigenvalue weighted by atomic mass is 9.94. The number of rotatable bonds is 7. The van der Waals surface area contributed by atoms with Crippen LogP contribution in [0.15, 0.2) is 42.5 Å². The molecule has 0 bridgehead atoms. The zero-order valence-corrected chi connectivity index (χ0v) is 13.0. The van der Waals surface area contributed by atoms with Gasteiger partial charge >= 0.3 is 0 Å². The molecule has 21 heavy (non-hydrogen) atoms. The standard InChI is InChI=1S/C19H25NO/c1-3-20-18(19(21-2)15-11-12-15)13-16-9-6-8-14-7-4-5-10-17(14)16/h4-10,15,18-20H,3,11-13H2,1-2H3. The molecule has 0 radical (unpaired) electrons. The maximum Gasteiger partial charge on any atom is 0.0755 e. The van der Waals surface area contributed by atoms with E-state index in [-0.39, 0.29) is 0 Å². The topological polar surface area (TPSA) is 21.3 Å². The largest absolute Gasteiger partial charge is 0.380 e. The monoisotopic (exact) mass is 283 g/mol. The summed E-state index contributed by atoms with van der Waals surface area (Å²) in [5, 5.41) is 6.34. The lowest BCUT2D eigenvalue weighted by Gasteiger charge is -2.27. The van der Waals surface area contributed by atoms with E-state index in [0.29, 0.717) is 12.1 Å². The van der Waals surface area contributed by atoms with Gasteiger partial charge in [-0.1, -0.05) is 49.4 Å². The number of likely N-dealkylation sites (N-methyl/N-ethyl adjacent to an activating group) is 1. The third-order valence-electron chi connectivity index (χ3n) is 4.54. The number of hydrogen-bond donors (Lipinski definition) is 1. The predicted molar refractivity (Wildman–Crippen MR) is 88.6 cm³/mol. The minimum atomic E-state index is 0.337. The van der Waals surface area contributed by atoms with Crippen molar-refractivity contribution in [1.29, 1.82) is 0 Å². The van der Waals surface area contributed by atoms with Crippen LogP contribution in [-0.4, -0.2) is 25.8 Å². The molecule has 2 atom stereocenters. The summed E-state index contributed by atoms with van der Waals surface area (Å²) in [7, 11) is 1.86. The molecule has 2 aromatic carbocycles. The van der Waals surface area contributed by atoms with E-state index >= 15 is 0 Å². The summed E-state index contributed by atoms with van der Waals surface area (Å²) in [6.07, 6.45) is 4.00. The average Bonchev–Trinajstić information content (AvgIpc) is 3.33. The Morgan fingerprint density at radius 3 is 2.62 bits per heavy atom. The second kappa shape index (κ2) is 6.59. The Hall–Kier alpha value is -1.38. The van der Waals surface area contributed by atoms with E-state index in [4.69, 9.17) is 4.74 Å². The molecule has 0 aliphatic heterocycles. The van der Waals surface area contributed by atoms with Gasteiger partial charge in [0.1, 0.15) is 0 Å². The molecule has 0 heterocycles. The maximum atomic E-state index is 5.81. The first-order valence-electron chi connectivity index (χ1n) is 8.06. The summed E-state index contributed by atoms with van der Waals surface area (Å²) < 4.78 is 5.81. The van der Waals surface area contributed by atoms with Crippen molar-refractivity contribution in [3.63, 3.8) is 0 Å². The van der Waals surface area contributed by atoms with Gasteiger partial charge in [-0.3, -0.25) is 0 Å². The van der Waals surface area contributed by atoms with Gasteiger partial charge < -0.3 is 10.1 Å². The van der Waals surface area contributed by atoms with Gasteiger partial charge in [-0.05, 0) is 48.1 Å². The van der Waals surface area contributed by atoms with Crippen LogP contribution in [-0.2, 0) is 11.2 Å². The molecule has 1 saturated carbocycles. The van der Waals surface area contributed by atoms with E-state index in [1.54, 1.807) is 0 Å². The first-order valence-corrected chi connectivity index (χ1v) is 8.06. The van der Waals surface area contributed by atoms with Crippen LogP contribution in [0.1, 0.15) is 25.3 Å². The van der Waals surface area contributed by atoms with Gasteiger partial charge in [-0.15, -0.1) is 0 Å². The van der Waals surface area contributed by atoms with Crippen molar-refractivity contribution in [2.24, 2.45) is 5.92 Å². The predicted octanol–water partition coefficient (Wildman–Crippen LogP) is 3.79. The van der Waals surface area contributed by atoms with Crippen LogP contribution >= 0.6 is 0 Å². The van der Waals surface area contributed by atoms with Crippen molar-refractivity contribution >= 4 is 10.8 Å². The molecule has 1 N–H and O–H groups in total. The van der Waals surface area contributed by atoms with E-state index in [9.17, 15) is 0 Å². The molecule has 0 amide bonds. The van der Waals surface area contributed by atoms with Crippen LogP contribution in [0.2, 0.25) is 0 Å². The second-order valence-electron chi connectivity index (χ2n) is 6.04. The Morgan fingerprint density at radius 1 is 1.14 bits per heavy atom. The summed E-state index contributed by atoms with van der Waals surface area (Å²) in [5.41, 5.74) is 1.42. The SMILES string of the molecule is CCNC(Cc1cccc2ccccc12)C(OC)C1CC1. The summed E-state index contributed by atoms with van der Waals surface area (Å²) in [4.78, 5) is 0. The number of nitrogens with one attached hydrogen (secondary N) is 1. The van der Waals surface area contributed by atoms with Gasteiger partial charge in [0, 0.05) is 13.2 Å². The summed E-state index contributed by atoms with van der Waals surface area (Å²) in [5.74, 6) is 0.744. The molecule has 0 aromatic heterocycles. The Balaban J connectivity index is 1.86. The van der Waals surface area contributed by atoms with Crippen molar-refractivity contribution in [2.45, 2.75) is 38.3 Å². The highest BCUT2D eigenvalue weighted by Crippen LogP contribution is 2.36. The molecule has 2 aromatic rings. The molecular weight excluding hydrogens is 258 g/mol. The quantitative estimate of drug-likeness (QED) is 0.835. The van der Waals surface area contributed by atoms with Gasteiger partial charge in [0.2, 0.25) is 0 Å². The fourth-order valence-corrected chi connectivity index (χ4v) is 3.38. The molecule has 1 aliphatic rings. The summed E-state index contributed by atoms with van der Waals surface area (Å²) in [6.45, 7) is 3.16. The van der Waals surface area contributed by atoms with Crippen molar-refractivity contribution in [3.05, 3.63) is 48.0 Å².